The van der Waals surface area contributed by atoms with E-state index in [-0.39, 0.29) is 15.9 Å². The molecule has 2 aliphatic carbocycles. The van der Waals surface area contributed by atoms with E-state index in [4.69, 9.17) is 3.63 Å². The highest BCUT2D eigenvalue weighted by Gasteiger charge is 2.45. The largest absolute Gasteiger partial charge is 0.339 e. The average molecular weight is 398 g/mol. The zero-order chi connectivity index (χ0) is 18.6. The van der Waals surface area contributed by atoms with Gasteiger partial charge in [0, 0.05) is 18.8 Å². The van der Waals surface area contributed by atoms with Crippen LogP contribution in [0.1, 0.15) is 63.4 Å². The number of carbonyl (C=O) groups excluding carboxylic acids is 1. The molecule has 1 aromatic rings. The molecule has 0 saturated heterocycles. The van der Waals surface area contributed by atoms with Crippen LogP contribution in [0, 0.1) is 12.8 Å². The Labute approximate surface area is 160 Å². The zero-order valence-electron chi connectivity index (χ0n) is 15.5. The molecule has 2 fully saturated rings. The highest BCUT2D eigenvalue weighted by Crippen LogP contribution is 2.32. The van der Waals surface area contributed by atoms with Crippen molar-refractivity contribution in [1.82, 2.24) is 0 Å². The van der Waals surface area contributed by atoms with Crippen LogP contribution in [0.25, 0.3) is 0 Å². The van der Waals surface area contributed by atoms with Gasteiger partial charge < -0.3 is 0 Å². The Kier molecular flexibility index (Phi) is 6.81. The van der Waals surface area contributed by atoms with E-state index in [1.54, 1.807) is 24.3 Å². The fraction of sp³-hybridized carbons (Fsp3) is 0.650. The Hall–Kier alpha value is -0.850. The zero-order valence-corrected chi connectivity index (χ0v) is 17.1. The Bertz CT molecular complexity index is 706. The molecule has 3 rings (SSSR count). The monoisotopic (exact) mass is 397 g/mol. The topological polar surface area (TPSA) is 60.4 Å². The summed E-state index contributed by atoms with van der Waals surface area (Å²) in [5.74, 6) is 1.38. The first-order chi connectivity index (χ1) is 12.5. The van der Waals surface area contributed by atoms with Crippen LogP contribution in [0.2, 0.25) is 0 Å². The van der Waals surface area contributed by atoms with Gasteiger partial charge in [0.1, 0.15) is 5.75 Å². The molecule has 0 amide bonds. The van der Waals surface area contributed by atoms with Gasteiger partial charge in [-0.3, -0.25) is 4.79 Å². The molecular formula is C20H29O4S2+. The number of Topliss-reactive ketones (excluding diaryl/α,β-unsaturated/α-hetero) is 1. The summed E-state index contributed by atoms with van der Waals surface area (Å²) in [7, 11) is -3.84. The predicted octanol–water partition coefficient (Wildman–Crippen LogP) is 4.33. The summed E-state index contributed by atoms with van der Waals surface area (Å²) in [6, 6.07) is 6.74. The molecule has 26 heavy (non-hydrogen) atoms. The molecule has 0 radical (unpaired) electrons. The van der Waals surface area contributed by atoms with Crippen molar-refractivity contribution < 1.29 is 16.8 Å². The Balaban J connectivity index is 1.79. The molecule has 0 heterocycles. The number of benzene rings is 1. The highest BCUT2D eigenvalue weighted by molar-refractivity contribution is 8.03. The van der Waals surface area contributed by atoms with Crippen molar-refractivity contribution in [1.29, 1.82) is 0 Å². The molecule has 4 nitrogen and oxygen atoms in total. The van der Waals surface area contributed by atoms with Crippen LogP contribution in [0.4, 0.5) is 0 Å². The molecule has 1 aromatic carbocycles. The Morgan fingerprint density at radius 1 is 1.00 bits per heavy atom. The first-order valence-electron chi connectivity index (χ1n) is 9.70. The van der Waals surface area contributed by atoms with Crippen molar-refractivity contribution >= 4 is 27.1 Å². The van der Waals surface area contributed by atoms with Gasteiger partial charge in [0.2, 0.25) is 5.25 Å². The first-order valence-corrected chi connectivity index (χ1v) is 12.5. The predicted molar refractivity (Wildman–Crippen MR) is 106 cm³/mol. The van der Waals surface area contributed by atoms with Crippen LogP contribution in [0.3, 0.4) is 0 Å². The van der Waals surface area contributed by atoms with E-state index in [1.807, 2.05) is 6.92 Å². The number of ketones is 1. The molecule has 0 bridgehead atoms. The van der Waals surface area contributed by atoms with Gasteiger partial charge in [-0.25, -0.2) is 0 Å². The molecule has 0 aliphatic heterocycles. The highest BCUT2D eigenvalue weighted by atomic mass is 32.3. The summed E-state index contributed by atoms with van der Waals surface area (Å²) in [6.45, 7) is 1.92. The molecule has 2 atom stereocenters. The molecule has 0 aromatic heterocycles. The van der Waals surface area contributed by atoms with E-state index in [1.165, 1.54) is 19.3 Å². The second-order valence-corrected chi connectivity index (χ2v) is 11.2. The third kappa shape index (κ3) is 5.11. The van der Waals surface area contributed by atoms with Gasteiger partial charge in [-0.15, -0.1) is 0 Å². The van der Waals surface area contributed by atoms with Crippen LogP contribution in [0.5, 0.6) is 0 Å². The van der Waals surface area contributed by atoms with E-state index < -0.39 is 21.3 Å². The second-order valence-electron chi connectivity index (χ2n) is 7.59. The van der Waals surface area contributed by atoms with E-state index in [0.717, 1.165) is 37.7 Å². The maximum atomic E-state index is 12.8. The molecule has 0 spiro atoms. The van der Waals surface area contributed by atoms with Gasteiger partial charge in [0.25, 0.3) is 0 Å². The smallest absolute Gasteiger partial charge is 0.294 e. The van der Waals surface area contributed by atoms with E-state index in [2.05, 4.69) is 0 Å². The van der Waals surface area contributed by atoms with Crippen molar-refractivity contribution in [3.63, 3.8) is 0 Å². The average Bonchev–Trinajstić information content (AvgIpc) is 2.63. The minimum Gasteiger partial charge on any atom is -0.294 e. The molecule has 144 valence electrons. The summed E-state index contributed by atoms with van der Waals surface area (Å²) in [5, 5.41) is -0.245. The van der Waals surface area contributed by atoms with Gasteiger partial charge in [0.15, 0.2) is 17.0 Å². The summed E-state index contributed by atoms with van der Waals surface area (Å²) in [4.78, 5) is 12.7. The third-order valence-electron chi connectivity index (χ3n) is 5.43. The summed E-state index contributed by atoms with van der Waals surface area (Å²) in [6.07, 6.45) is 9.13. The van der Waals surface area contributed by atoms with Crippen LogP contribution in [-0.2, 0) is 29.7 Å². The van der Waals surface area contributed by atoms with Gasteiger partial charge in [-0.2, -0.15) is 8.42 Å². The number of aryl methyl sites for hydroxylation is 1. The van der Waals surface area contributed by atoms with Crippen molar-refractivity contribution in [3.8, 4) is 0 Å². The van der Waals surface area contributed by atoms with Gasteiger partial charge in [-0.1, -0.05) is 37.0 Å². The van der Waals surface area contributed by atoms with Crippen LogP contribution in [0.15, 0.2) is 29.2 Å². The summed E-state index contributed by atoms with van der Waals surface area (Å²) >= 11 is -0.851. The summed E-state index contributed by atoms with van der Waals surface area (Å²) in [5.41, 5.74) is 1.01. The molecule has 2 saturated carbocycles. The van der Waals surface area contributed by atoms with Crippen molar-refractivity contribution in [2.24, 2.45) is 5.92 Å². The lowest BCUT2D eigenvalue weighted by molar-refractivity contribution is -0.119. The molecule has 6 heteroatoms. The molecule has 2 aliphatic rings. The lowest BCUT2D eigenvalue weighted by atomic mass is 9.91. The number of rotatable bonds is 6. The van der Waals surface area contributed by atoms with Gasteiger partial charge >= 0.3 is 10.1 Å². The van der Waals surface area contributed by atoms with E-state index >= 15 is 0 Å². The third-order valence-corrected chi connectivity index (χ3v) is 9.63. The number of carbonyl (C=O) groups is 1. The van der Waals surface area contributed by atoms with Crippen LogP contribution < -0.4 is 0 Å². The summed E-state index contributed by atoms with van der Waals surface area (Å²) < 4.78 is 31.4. The molecule has 2 unspecified atom stereocenters. The maximum Gasteiger partial charge on any atom is 0.339 e. The van der Waals surface area contributed by atoms with Gasteiger partial charge in [0.05, 0.1) is 4.90 Å². The fourth-order valence-electron chi connectivity index (χ4n) is 3.87. The van der Waals surface area contributed by atoms with Crippen molar-refractivity contribution in [2.45, 2.75) is 74.9 Å². The number of hydrogen-bond donors (Lipinski definition) is 0. The Morgan fingerprint density at radius 2 is 1.65 bits per heavy atom. The standard InChI is InChI=1S/C20H29O4S2/c1-16-11-13-18(14-12-16)26(22,23)24-25(15-17-7-3-2-4-8-17)20-10-6-5-9-19(20)21/h11-14,17,20H,2-10,15H2,1H3/q+1. The lowest BCUT2D eigenvalue weighted by Crippen LogP contribution is -2.39. The van der Waals surface area contributed by atoms with Crippen LogP contribution in [-0.4, -0.2) is 25.2 Å². The SMILES string of the molecule is Cc1ccc(S(=O)(=O)O[S+](CC2CCCCC2)C2CCCCC2=O)cc1. The minimum atomic E-state index is -3.84. The minimum absolute atomic E-state index is 0.188. The lowest BCUT2D eigenvalue weighted by Gasteiger charge is -2.24. The van der Waals surface area contributed by atoms with Crippen molar-refractivity contribution in [2.75, 3.05) is 5.75 Å². The fourth-order valence-corrected chi connectivity index (χ4v) is 8.04. The van der Waals surface area contributed by atoms with E-state index in [0.29, 0.717) is 18.1 Å². The van der Waals surface area contributed by atoms with Crippen LogP contribution >= 0.6 is 0 Å². The number of hydrogen-bond acceptors (Lipinski definition) is 4. The first kappa shape index (κ1) is 19.9. The van der Waals surface area contributed by atoms with Gasteiger partial charge in [-0.05, 0) is 48.4 Å². The van der Waals surface area contributed by atoms with Crippen molar-refractivity contribution in [3.05, 3.63) is 29.8 Å². The normalized spacial score (nSPS) is 23.7. The Morgan fingerprint density at radius 3 is 2.31 bits per heavy atom. The maximum absolute atomic E-state index is 12.8. The molecular weight excluding hydrogens is 368 g/mol. The second kappa shape index (κ2) is 8.89. The molecule has 0 N–H and O–H groups in total. The van der Waals surface area contributed by atoms with E-state index in [9.17, 15) is 13.2 Å². The quantitative estimate of drug-likeness (QED) is 0.671.